The minimum absolute atomic E-state index is 0.331. The molecule has 0 aromatic carbocycles. The summed E-state index contributed by atoms with van der Waals surface area (Å²) in [5.41, 5.74) is -0.331. The van der Waals surface area contributed by atoms with Crippen molar-refractivity contribution in [2.24, 2.45) is 11.8 Å². The number of hydrogen-bond acceptors (Lipinski definition) is 4. The highest BCUT2D eigenvalue weighted by Gasteiger charge is 2.47. The first-order chi connectivity index (χ1) is 9.59. The van der Waals surface area contributed by atoms with Gasteiger partial charge in [0.2, 0.25) is 0 Å². The molecule has 2 aliphatic rings. The highest BCUT2D eigenvalue weighted by molar-refractivity contribution is 5.17. The maximum atomic E-state index is 9.74. The van der Waals surface area contributed by atoms with E-state index in [1.54, 1.807) is 7.11 Å². The minimum atomic E-state index is -0.331. The van der Waals surface area contributed by atoms with Crippen LogP contribution in [-0.4, -0.2) is 49.8 Å². The van der Waals surface area contributed by atoms with Crippen LogP contribution in [0.15, 0.2) is 0 Å². The molecule has 2 rings (SSSR count). The molecule has 1 aliphatic carbocycles. The van der Waals surface area contributed by atoms with Gasteiger partial charge in [0.05, 0.1) is 6.07 Å². The highest BCUT2D eigenvalue weighted by Crippen LogP contribution is 2.40. The van der Waals surface area contributed by atoms with Crippen LogP contribution >= 0.6 is 0 Å². The first-order valence-electron chi connectivity index (χ1n) is 8.00. The van der Waals surface area contributed by atoms with Gasteiger partial charge in [0, 0.05) is 26.3 Å². The first kappa shape index (κ1) is 15.8. The van der Waals surface area contributed by atoms with Crippen LogP contribution in [0.25, 0.3) is 0 Å². The van der Waals surface area contributed by atoms with Gasteiger partial charge < -0.3 is 9.64 Å². The van der Waals surface area contributed by atoms with Crippen LogP contribution in [0.1, 0.15) is 39.5 Å². The summed E-state index contributed by atoms with van der Waals surface area (Å²) in [6, 6.07) is 2.98. The quantitative estimate of drug-likeness (QED) is 0.774. The Morgan fingerprint density at radius 2 is 1.95 bits per heavy atom. The monoisotopic (exact) mass is 279 g/mol. The van der Waals surface area contributed by atoms with E-state index in [1.165, 1.54) is 25.7 Å². The zero-order chi connectivity index (χ0) is 14.6. The summed E-state index contributed by atoms with van der Waals surface area (Å²) in [7, 11) is 1.78. The average Bonchev–Trinajstić information content (AvgIpc) is 3.24. The third-order valence-corrected chi connectivity index (χ3v) is 4.60. The SMILES string of the molecule is COCC1CCN(CC(C#N)(NC(C)C)C2CC2)CC1. The first-order valence-corrected chi connectivity index (χ1v) is 8.00. The Morgan fingerprint density at radius 3 is 2.40 bits per heavy atom. The summed E-state index contributed by atoms with van der Waals surface area (Å²) in [6.07, 6.45) is 4.80. The molecule has 1 atom stereocenters. The molecule has 0 spiro atoms. The maximum absolute atomic E-state index is 9.74. The molecule has 1 N–H and O–H groups in total. The van der Waals surface area contributed by atoms with E-state index >= 15 is 0 Å². The van der Waals surface area contributed by atoms with Crippen molar-refractivity contribution in [1.82, 2.24) is 10.2 Å². The second-order valence-corrected chi connectivity index (χ2v) is 6.83. The zero-order valence-corrected chi connectivity index (χ0v) is 13.2. The van der Waals surface area contributed by atoms with Crippen molar-refractivity contribution in [2.45, 2.75) is 51.1 Å². The normalized spacial score (nSPS) is 24.6. The van der Waals surface area contributed by atoms with E-state index in [2.05, 4.69) is 30.1 Å². The predicted molar refractivity (Wildman–Crippen MR) is 80.4 cm³/mol. The number of hydrogen-bond donors (Lipinski definition) is 1. The van der Waals surface area contributed by atoms with Crippen molar-refractivity contribution in [3.05, 3.63) is 0 Å². The molecule has 0 radical (unpaired) electrons. The number of nitrogens with zero attached hydrogens (tertiary/aromatic N) is 2. The molecular weight excluding hydrogens is 250 g/mol. The van der Waals surface area contributed by atoms with Crippen molar-refractivity contribution in [1.29, 1.82) is 5.26 Å². The van der Waals surface area contributed by atoms with Crippen molar-refractivity contribution < 1.29 is 4.74 Å². The summed E-state index contributed by atoms with van der Waals surface area (Å²) in [5.74, 6) is 1.25. The van der Waals surface area contributed by atoms with Gasteiger partial charge in [-0.15, -0.1) is 0 Å². The number of ether oxygens (including phenoxy) is 1. The molecule has 4 nitrogen and oxygen atoms in total. The molecule has 1 heterocycles. The molecule has 0 aromatic heterocycles. The molecule has 1 aliphatic heterocycles. The third-order valence-electron chi connectivity index (χ3n) is 4.60. The molecule has 1 saturated heterocycles. The molecule has 0 bridgehead atoms. The topological polar surface area (TPSA) is 48.3 Å². The van der Waals surface area contributed by atoms with Crippen molar-refractivity contribution in [2.75, 3.05) is 33.4 Å². The summed E-state index contributed by atoms with van der Waals surface area (Å²) in [4.78, 5) is 2.48. The Balaban J connectivity index is 1.91. The number of likely N-dealkylation sites (tertiary alicyclic amines) is 1. The summed E-state index contributed by atoms with van der Waals surface area (Å²) >= 11 is 0. The Hall–Kier alpha value is -0.630. The van der Waals surface area contributed by atoms with Gasteiger partial charge >= 0.3 is 0 Å². The van der Waals surface area contributed by atoms with E-state index < -0.39 is 0 Å². The van der Waals surface area contributed by atoms with Gasteiger partial charge in [-0.05, 0) is 64.5 Å². The largest absolute Gasteiger partial charge is 0.384 e. The number of methoxy groups -OCH3 is 1. The van der Waals surface area contributed by atoms with Gasteiger partial charge in [-0.1, -0.05) is 0 Å². The van der Waals surface area contributed by atoms with E-state index in [-0.39, 0.29) is 5.54 Å². The van der Waals surface area contributed by atoms with Gasteiger partial charge in [-0.3, -0.25) is 5.32 Å². The molecule has 1 unspecified atom stereocenters. The maximum Gasteiger partial charge on any atom is 0.122 e. The van der Waals surface area contributed by atoms with Crippen LogP contribution in [0, 0.1) is 23.2 Å². The van der Waals surface area contributed by atoms with Gasteiger partial charge in [-0.2, -0.15) is 5.26 Å². The highest BCUT2D eigenvalue weighted by atomic mass is 16.5. The number of piperidine rings is 1. The second-order valence-electron chi connectivity index (χ2n) is 6.83. The van der Waals surface area contributed by atoms with Crippen molar-refractivity contribution in [3.8, 4) is 6.07 Å². The molecule has 0 aromatic rings. The molecule has 0 amide bonds. The number of nitriles is 1. The van der Waals surface area contributed by atoms with E-state index in [0.29, 0.717) is 17.9 Å². The van der Waals surface area contributed by atoms with E-state index in [9.17, 15) is 5.26 Å². The Bertz CT molecular complexity index is 340. The van der Waals surface area contributed by atoms with Crippen molar-refractivity contribution in [3.63, 3.8) is 0 Å². The van der Waals surface area contributed by atoms with Gasteiger partial charge in [0.15, 0.2) is 0 Å². The van der Waals surface area contributed by atoms with E-state index in [1.807, 2.05) is 0 Å². The Kier molecular flexibility index (Phi) is 5.42. The molecular formula is C16H29N3O. The molecule has 2 fully saturated rings. The molecule has 4 heteroatoms. The lowest BCUT2D eigenvalue weighted by atomic mass is 9.90. The lowest BCUT2D eigenvalue weighted by Gasteiger charge is -2.39. The third kappa shape index (κ3) is 3.94. The summed E-state index contributed by atoms with van der Waals surface area (Å²) < 4.78 is 5.26. The van der Waals surface area contributed by atoms with Crippen molar-refractivity contribution >= 4 is 0 Å². The van der Waals surface area contributed by atoms with Gasteiger partial charge in [0.1, 0.15) is 5.54 Å². The lowest BCUT2D eigenvalue weighted by molar-refractivity contribution is 0.0861. The predicted octanol–water partition coefficient (Wildman–Crippen LogP) is 2.02. The fourth-order valence-corrected chi connectivity index (χ4v) is 3.44. The Morgan fingerprint density at radius 1 is 1.30 bits per heavy atom. The van der Waals surface area contributed by atoms with Crippen LogP contribution < -0.4 is 5.32 Å². The molecule has 1 saturated carbocycles. The molecule has 20 heavy (non-hydrogen) atoms. The lowest BCUT2D eigenvalue weighted by Crippen LogP contribution is -2.57. The van der Waals surface area contributed by atoms with Gasteiger partial charge in [-0.25, -0.2) is 0 Å². The second kappa shape index (κ2) is 6.89. The fourth-order valence-electron chi connectivity index (χ4n) is 3.44. The van der Waals surface area contributed by atoms with E-state index in [0.717, 1.165) is 26.2 Å². The van der Waals surface area contributed by atoms with Crippen LogP contribution in [-0.2, 0) is 4.74 Å². The summed E-state index contributed by atoms with van der Waals surface area (Å²) in [5, 5.41) is 13.3. The van der Waals surface area contributed by atoms with Crippen LogP contribution in [0.3, 0.4) is 0 Å². The average molecular weight is 279 g/mol. The van der Waals surface area contributed by atoms with E-state index in [4.69, 9.17) is 4.74 Å². The minimum Gasteiger partial charge on any atom is -0.384 e. The zero-order valence-electron chi connectivity index (χ0n) is 13.2. The molecule has 114 valence electrons. The fraction of sp³-hybridized carbons (Fsp3) is 0.938. The smallest absolute Gasteiger partial charge is 0.122 e. The van der Waals surface area contributed by atoms with Gasteiger partial charge in [0.25, 0.3) is 0 Å². The number of rotatable bonds is 7. The van der Waals surface area contributed by atoms with Crippen LogP contribution in [0.5, 0.6) is 0 Å². The number of nitrogens with one attached hydrogen (secondary N) is 1. The van der Waals surface area contributed by atoms with Crippen LogP contribution in [0.2, 0.25) is 0 Å². The standard InChI is InChI=1S/C16H29N3O/c1-13(2)18-16(11-17,15-4-5-15)12-19-8-6-14(7-9-19)10-20-3/h13-15,18H,4-10,12H2,1-3H3. The van der Waals surface area contributed by atoms with Crippen LogP contribution in [0.4, 0.5) is 0 Å². The Labute approximate surface area is 123 Å². The summed E-state index contributed by atoms with van der Waals surface area (Å²) in [6.45, 7) is 8.24.